The molecule has 17 heavy (non-hydrogen) atoms. The van der Waals surface area contributed by atoms with Gasteiger partial charge in [-0.1, -0.05) is 6.07 Å². The predicted molar refractivity (Wildman–Crippen MR) is 62.5 cm³/mol. The average Bonchev–Trinajstić information content (AvgIpc) is 2.86. The van der Waals surface area contributed by atoms with E-state index in [1.54, 1.807) is 6.20 Å². The summed E-state index contributed by atoms with van der Waals surface area (Å²) < 4.78 is 7.17. The minimum absolute atomic E-state index is 0.404. The second kappa shape index (κ2) is 3.86. The smallest absolute Gasteiger partial charge is 0.0880 e. The summed E-state index contributed by atoms with van der Waals surface area (Å²) >= 11 is 0. The summed E-state index contributed by atoms with van der Waals surface area (Å²) in [5, 5.41) is 13.7. The lowest BCUT2D eigenvalue weighted by Crippen LogP contribution is -2.32. The maximum atomic E-state index is 9.48. The first-order chi connectivity index (χ1) is 8.34. The summed E-state index contributed by atoms with van der Waals surface area (Å²) in [6, 6.07) is 8.46. The molecule has 0 unspecified atom stereocenters. The Labute approximate surface area is 99.4 Å². The van der Waals surface area contributed by atoms with Gasteiger partial charge >= 0.3 is 0 Å². The van der Waals surface area contributed by atoms with Crippen molar-refractivity contribution in [3.05, 3.63) is 36.2 Å². The van der Waals surface area contributed by atoms with Crippen LogP contribution in [0.5, 0.6) is 0 Å². The van der Waals surface area contributed by atoms with Gasteiger partial charge in [0.1, 0.15) is 0 Å². The normalized spacial score (nSPS) is 19.0. The van der Waals surface area contributed by atoms with E-state index in [0.29, 0.717) is 13.2 Å². The Morgan fingerprint density at radius 2 is 2.12 bits per heavy atom. The third-order valence-electron chi connectivity index (χ3n) is 3.51. The van der Waals surface area contributed by atoms with Gasteiger partial charge in [0.2, 0.25) is 0 Å². The van der Waals surface area contributed by atoms with Gasteiger partial charge in [0, 0.05) is 25.6 Å². The molecule has 0 aromatic carbocycles. The lowest BCUT2D eigenvalue weighted by Gasteiger charge is -2.30. The van der Waals surface area contributed by atoms with Gasteiger partial charge in [-0.25, -0.2) is 4.52 Å². The van der Waals surface area contributed by atoms with Gasteiger partial charge in [0.05, 0.1) is 17.0 Å². The fourth-order valence-electron chi connectivity index (χ4n) is 2.38. The number of ether oxygens (including phenoxy) is 1. The van der Waals surface area contributed by atoms with E-state index >= 15 is 0 Å². The van der Waals surface area contributed by atoms with Gasteiger partial charge in [-0.15, -0.1) is 0 Å². The molecule has 0 spiro atoms. The van der Waals surface area contributed by atoms with Gasteiger partial charge in [-0.05, 0) is 30.5 Å². The maximum Gasteiger partial charge on any atom is 0.0880 e. The summed E-state index contributed by atoms with van der Waals surface area (Å²) in [4.78, 5) is 0. The Kier molecular flexibility index (Phi) is 2.34. The molecule has 3 heterocycles. The number of nitriles is 1. The molecule has 4 nitrogen and oxygen atoms in total. The summed E-state index contributed by atoms with van der Waals surface area (Å²) in [7, 11) is 0. The zero-order chi connectivity index (χ0) is 11.7. The molecule has 0 bridgehead atoms. The highest BCUT2D eigenvalue weighted by Crippen LogP contribution is 2.34. The van der Waals surface area contributed by atoms with E-state index in [-0.39, 0.29) is 0 Å². The monoisotopic (exact) mass is 227 g/mol. The Morgan fingerprint density at radius 1 is 1.29 bits per heavy atom. The van der Waals surface area contributed by atoms with E-state index in [0.717, 1.165) is 23.9 Å². The molecule has 1 aliphatic heterocycles. The SMILES string of the molecule is N#CC1(c2ccc3ccnn3c2)CCOCC1. The summed E-state index contributed by atoms with van der Waals surface area (Å²) in [6.07, 6.45) is 5.25. The van der Waals surface area contributed by atoms with Crippen molar-refractivity contribution in [2.45, 2.75) is 18.3 Å². The molecule has 3 rings (SSSR count). The fraction of sp³-hybridized carbons (Fsp3) is 0.385. The van der Waals surface area contributed by atoms with Crippen molar-refractivity contribution < 1.29 is 4.74 Å². The molecule has 0 N–H and O–H groups in total. The zero-order valence-electron chi connectivity index (χ0n) is 9.47. The molecule has 0 radical (unpaired) electrons. The maximum absolute atomic E-state index is 9.48. The van der Waals surface area contributed by atoms with Gasteiger partial charge in [-0.2, -0.15) is 10.4 Å². The number of aromatic nitrogens is 2. The number of rotatable bonds is 1. The van der Waals surface area contributed by atoms with E-state index in [4.69, 9.17) is 4.74 Å². The van der Waals surface area contributed by atoms with Crippen LogP contribution in [0.25, 0.3) is 5.52 Å². The van der Waals surface area contributed by atoms with Crippen molar-refractivity contribution in [1.82, 2.24) is 9.61 Å². The van der Waals surface area contributed by atoms with E-state index in [1.165, 1.54) is 0 Å². The molecule has 0 aliphatic carbocycles. The fourth-order valence-corrected chi connectivity index (χ4v) is 2.38. The highest BCUT2D eigenvalue weighted by atomic mass is 16.5. The Morgan fingerprint density at radius 3 is 2.88 bits per heavy atom. The third-order valence-corrected chi connectivity index (χ3v) is 3.51. The number of fused-ring (bicyclic) bond motifs is 1. The summed E-state index contributed by atoms with van der Waals surface area (Å²) in [5.41, 5.74) is 1.69. The highest BCUT2D eigenvalue weighted by molar-refractivity contribution is 5.48. The Balaban J connectivity index is 2.09. The second-order valence-corrected chi connectivity index (χ2v) is 4.42. The van der Waals surface area contributed by atoms with Crippen LogP contribution in [0.15, 0.2) is 30.6 Å². The van der Waals surface area contributed by atoms with Crippen LogP contribution in [0.2, 0.25) is 0 Å². The number of hydrogen-bond acceptors (Lipinski definition) is 3. The highest BCUT2D eigenvalue weighted by Gasteiger charge is 2.34. The van der Waals surface area contributed by atoms with Crippen LogP contribution in [0, 0.1) is 11.3 Å². The van der Waals surface area contributed by atoms with E-state index in [1.807, 2.05) is 28.9 Å². The van der Waals surface area contributed by atoms with E-state index in [9.17, 15) is 5.26 Å². The van der Waals surface area contributed by atoms with Crippen LogP contribution >= 0.6 is 0 Å². The quantitative estimate of drug-likeness (QED) is 0.747. The first-order valence-corrected chi connectivity index (χ1v) is 5.77. The number of hydrogen-bond donors (Lipinski definition) is 0. The lowest BCUT2D eigenvalue weighted by molar-refractivity contribution is 0.0674. The van der Waals surface area contributed by atoms with Crippen molar-refractivity contribution in [3.63, 3.8) is 0 Å². The number of nitrogens with zero attached hydrogens (tertiary/aromatic N) is 3. The molecule has 2 aromatic heterocycles. The average molecular weight is 227 g/mol. The van der Waals surface area contributed by atoms with Crippen molar-refractivity contribution in [3.8, 4) is 6.07 Å². The zero-order valence-corrected chi connectivity index (χ0v) is 9.47. The second-order valence-electron chi connectivity index (χ2n) is 4.42. The molecule has 1 aliphatic rings. The molecular formula is C13H13N3O. The van der Waals surface area contributed by atoms with Crippen molar-refractivity contribution >= 4 is 5.52 Å². The third kappa shape index (κ3) is 1.60. The van der Waals surface area contributed by atoms with Crippen LogP contribution in [0.3, 0.4) is 0 Å². The minimum Gasteiger partial charge on any atom is -0.381 e. The predicted octanol–water partition coefficient (Wildman–Crippen LogP) is 1.91. The molecular weight excluding hydrogens is 214 g/mol. The summed E-state index contributed by atoms with van der Waals surface area (Å²) in [6.45, 7) is 1.31. The molecule has 0 saturated carbocycles. The minimum atomic E-state index is -0.404. The van der Waals surface area contributed by atoms with Gasteiger partial charge < -0.3 is 4.74 Å². The lowest BCUT2D eigenvalue weighted by atomic mass is 9.76. The topological polar surface area (TPSA) is 50.3 Å². The van der Waals surface area contributed by atoms with Crippen molar-refractivity contribution in [2.24, 2.45) is 0 Å². The number of pyridine rings is 1. The van der Waals surface area contributed by atoms with Crippen LogP contribution in [-0.2, 0) is 10.2 Å². The van der Waals surface area contributed by atoms with Crippen molar-refractivity contribution in [1.29, 1.82) is 5.26 Å². The largest absolute Gasteiger partial charge is 0.381 e. The van der Waals surface area contributed by atoms with E-state index in [2.05, 4.69) is 11.2 Å². The van der Waals surface area contributed by atoms with Crippen LogP contribution in [0.4, 0.5) is 0 Å². The molecule has 86 valence electrons. The molecule has 0 atom stereocenters. The Bertz CT molecular complexity index is 576. The van der Waals surface area contributed by atoms with Crippen molar-refractivity contribution in [2.75, 3.05) is 13.2 Å². The molecule has 1 fully saturated rings. The van der Waals surface area contributed by atoms with Crippen LogP contribution < -0.4 is 0 Å². The van der Waals surface area contributed by atoms with Gasteiger partial charge in [0.15, 0.2) is 0 Å². The molecule has 1 saturated heterocycles. The standard InChI is InChI=1S/C13H13N3O/c14-10-13(4-7-17-8-5-13)11-1-2-12-3-6-15-16(12)9-11/h1-3,6,9H,4-5,7-8H2. The Hall–Kier alpha value is -1.86. The van der Waals surface area contributed by atoms with Gasteiger partial charge in [-0.3, -0.25) is 0 Å². The molecule has 4 heteroatoms. The summed E-state index contributed by atoms with van der Waals surface area (Å²) in [5.74, 6) is 0. The first-order valence-electron chi connectivity index (χ1n) is 5.77. The molecule has 0 amide bonds. The van der Waals surface area contributed by atoms with Crippen LogP contribution in [-0.4, -0.2) is 22.8 Å². The molecule has 2 aromatic rings. The van der Waals surface area contributed by atoms with Crippen LogP contribution in [0.1, 0.15) is 18.4 Å². The van der Waals surface area contributed by atoms with E-state index < -0.39 is 5.41 Å². The first kappa shape index (κ1) is 10.3. The van der Waals surface area contributed by atoms with Gasteiger partial charge in [0.25, 0.3) is 0 Å².